The van der Waals surface area contributed by atoms with Crippen LogP contribution in [0, 0.1) is 0 Å². The molecule has 1 aliphatic rings. The van der Waals surface area contributed by atoms with E-state index in [4.69, 9.17) is 4.74 Å². The number of rotatable bonds is 5. The molecule has 1 amide bonds. The molecule has 0 atom stereocenters. The predicted octanol–water partition coefficient (Wildman–Crippen LogP) is 1.63. The standard InChI is InChI=1S/C16H24N2O4S/c1-12(2)22-15-6-4-13(5-7-15)16(19)18-10-8-14(9-11-18)17-23(3,20)21/h4-7,12,14,17H,8-11H2,1-3H3. The van der Waals surface area contributed by atoms with Crippen molar-refractivity contribution in [3.05, 3.63) is 29.8 Å². The molecule has 0 radical (unpaired) electrons. The maximum atomic E-state index is 12.5. The van der Waals surface area contributed by atoms with Crippen molar-refractivity contribution in [3.63, 3.8) is 0 Å². The normalized spacial score (nSPS) is 16.6. The highest BCUT2D eigenvalue weighted by Crippen LogP contribution is 2.18. The summed E-state index contributed by atoms with van der Waals surface area (Å²) >= 11 is 0. The lowest BCUT2D eigenvalue weighted by molar-refractivity contribution is 0.0711. The molecule has 1 aromatic rings. The van der Waals surface area contributed by atoms with Gasteiger partial charge in [-0.15, -0.1) is 0 Å². The monoisotopic (exact) mass is 340 g/mol. The van der Waals surface area contributed by atoms with Crippen LogP contribution in [0.3, 0.4) is 0 Å². The van der Waals surface area contributed by atoms with E-state index in [9.17, 15) is 13.2 Å². The van der Waals surface area contributed by atoms with Gasteiger partial charge in [-0.2, -0.15) is 0 Å². The average molecular weight is 340 g/mol. The van der Waals surface area contributed by atoms with Crippen LogP contribution in [0.15, 0.2) is 24.3 Å². The van der Waals surface area contributed by atoms with Crippen molar-refractivity contribution in [2.75, 3.05) is 19.3 Å². The zero-order valence-electron chi connectivity index (χ0n) is 13.8. The Bertz CT molecular complexity index is 633. The first-order valence-corrected chi connectivity index (χ1v) is 9.67. The first-order chi connectivity index (χ1) is 10.7. The molecule has 6 nitrogen and oxygen atoms in total. The number of nitrogens with one attached hydrogen (secondary N) is 1. The van der Waals surface area contributed by atoms with Crippen molar-refractivity contribution < 1.29 is 17.9 Å². The highest BCUT2D eigenvalue weighted by molar-refractivity contribution is 7.88. The summed E-state index contributed by atoms with van der Waals surface area (Å²) in [5, 5.41) is 0. The second-order valence-corrected chi connectivity index (χ2v) is 7.93. The quantitative estimate of drug-likeness (QED) is 0.884. The Hall–Kier alpha value is -1.60. The number of piperidine rings is 1. The highest BCUT2D eigenvalue weighted by atomic mass is 32.2. The predicted molar refractivity (Wildman–Crippen MR) is 89.1 cm³/mol. The van der Waals surface area contributed by atoms with E-state index in [-0.39, 0.29) is 18.1 Å². The van der Waals surface area contributed by atoms with Crippen molar-refractivity contribution in [2.24, 2.45) is 0 Å². The third kappa shape index (κ3) is 5.51. The molecular formula is C16H24N2O4S. The second-order valence-electron chi connectivity index (χ2n) is 6.15. The minimum absolute atomic E-state index is 0.0288. The SMILES string of the molecule is CC(C)Oc1ccc(C(=O)N2CCC(NS(C)(=O)=O)CC2)cc1. The van der Waals surface area contributed by atoms with E-state index < -0.39 is 10.0 Å². The number of carbonyl (C=O) groups excluding carboxylic acids is 1. The summed E-state index contributed by atoms with van der Waals surface area (Å²) in [6, 6.07) is 7.04. The van der Waals surface area contributed by atoms with E-state index in [0.29, 0.717) is 31.5 Å². The number of benzene rings is 1. The number of sulfonamides is 1. The van der Waals surface area contributed by atoms with Gasteiger partial charge in [0.25, 0.3) is 5.91 Å². The van der Waals surface area contributed by atoms with Gasteiger partial charge in [0.05, 0.1) is 12.4 Å². The second kappa shape index (κ2) is 7.31. The van der Waals surface area contributed by atoms with E-state index in [2.05, 4.69) is 4.72 Å². The van der Waals surface area contributed by atoms with Crippen molar-refractivity contribution in [3.8, 4) is 5.75 Å². The summed E-state index contributed by atoms with van der Waals surface area (Å²) in [4.78, 5) is 14.2. The molecule has 1 saturated heterocycles. The fraction of sp³-hybridized carbons (Fsp3) is 0.562. The fourth-order valence-electron chi connectivity index (χ4n) is 2.63. The first-order valence-electron chi connectivity index (χ1n) is 7.78. The number of nitrogens with zero attached hydrogens (tertiary/aromatic N) is 1. The molecule has 0 unspecified atom stereocenters. The van der Waals surface area contributed by atoms with E-state index >= 15 is 0 Å². The summed E-state index contributed by atoms with van der Waals surface area (Å²) in [5.74, 6) is 0.714. The van der Waals surface area contributed by atoms with Gasteiger partial charge in [-0.25, -0.2) is 13.1 Å². The van der Waals surface area contributed by atoms with Gasteiger partial charge in [0, 0.05) is 24.7 Å². The minimum Gasteiger partial charge on any atom is -0.491 e. The van der Waals surface area contributed by atoms with Gasteiger partial charge in [-0.3, -0.25) is 4.79 Å². The molecule has 2 rings (SSSR count). The van der Waals surface area contributed by atoms with Gasteiger partial charge in [0.1, 0.15) is 5.75 Å². The van der Waals surface area contributed by atoms with Gasteiger partial charge in [0.2, 0.25) is 10.0 Å². The smallest absolute Gasteiger partial charge is 0.253 e. The molecule has 0 bridgehead atoms. The summed E-state index contributed by atoms with van der Waals surface area (Å²) in [7, 11) is -3.20. The number of hydrogen-bond donors (Lipinski definition) is 1. The molecule has 0 aromatic heterocycles. The molecule has 0 saturated carbocycles. The lowest BCUT2D eigenvalue weighted by Gasteiger charge is -2.32. The van der Waals surface area contributed by atoms with Gasteiger partial charge >= 0.3 is 0 Å². The number of ether oxygens (including phenoxy) is 1. The third-order valence-electron chi connectivity index (χ3n) is 3.64. The Morgan fingerprint density at radius 1 is 1.22 bits per heavy atom. The van der Waals surface area contributed by atoms with Crippen molar-refractivity contribution in [1.82, 2.24) is 9.62 Å². The van der Waals surface area contributed by atoms with Crippen LogP contribution in [-0.2, 0) is 10.0 Å². The molecule has 1 aliphatic heterocycles. The van der Waals surface area contributed by atoms with Crippen LogP contribution >= 0.6 is 0 Å². The lowest BCUT2D eigenvalue weighted by atomic mass is 10.0. The summed E-state index contributed by atoms with van der Waals surface area (Å²) in [6.07, 6.45) is 2.52. The zero-order valence-corrected chi connectivity index (χ0v) is 14.6. The number of carbonyl (C=O) groups is 1. The maximum Gasteiger partial charge on any atom is 0.253 e. The number of likely N-dealkylation sites (tertiary alicyclic amines) is 1. The van der Waals surface area contributed by atoms with E-state index in [0.717, 1.165) is 12.0 Å². The van der Waals surface area contributed by atoms with Crippen LogP contribution in [-0.4, -0.2) is 50.7 Å². The molecule has 1 aromatic carbocycles. The molecule has 0 spiro atoms. The Balaban J connectivity index is 1.92. The Morgan fingerprint density at radius 3 is 2.26 bits per heavy atom. The highest BCUT2D eigenvalue weighted by Gasteiger charge is 2.25. The summed E-state index contributed by atoms with van der Waals surface area (Å²) in [6.45, 7) is 5.01. The van der Waals surface area contributed by atoms with E-state index in [1.165, 1.54) is 0 Å². The van der Waals surface area contributed by atoms with Gasteiger partial charge < -0.3 is 9.64 Å². The number of hydrogen-bond acceptors (Lipinski definition) is 4. The van der Waals surface area contributed by atoms with Crippen LogP contribution in [0.5, 0.6) is 5.75 Å². The zero-order chi connectivity index (χ0) is 17.0. The van der Waals surface area contributed by atoms with Crippen LogP contribution in [0.4, 0.5) is 0 Å². The molecule has 0 aliphatic carbocycles. The number of amides is 1. The first kappa shape index (κ1) is 17.7. The molecule has 128 valence electrons. The topological polar surface area (TPSA) is 75.7 Å². The molecule has 1 heterocycles. The largest absolute Gasteiger partial charge is 0.491 e. The molecule has 23 heavy (non-hydrogen) atoms. The summed E-state index contributed by atoms with van der Waals surface area (Å²) in [5.41, 5.74) is 0.621. The van der Waals surface area contributed by atoms with E-state index in [1.54, 1.807) is 29.2 Å². The van der Waals surface area contributed by atoms with E-state index in [1.807, 2.05) is 13.8 Å². The van der Waals surface area contributed by atoms with Crippen LogP contribution < -0.4 is 9.46 Å². The van der Waals surface area contributed by atoms with Crippen LogP contribution in [0.2, 0.25) is 0 Å². The molecule has 1 N–H and O–H groups in total. The Kier molecular flexibility index (Phi) is 5.64. The maximum absolute atomic E-state index is 12.5. The molecular weight excluding hydrogens is 316 g/mol. The summed E-state index contributed by atoms with van der Waals surface area (Å²) < 4.78 is 30.6. The van der Waals surface area contributed by atoms with Gasteiger partial charge in [-0.05, 0) is 51.0 Å². The lowest BCUT2D eigenvalue weighted by Crippen LogP contribution is -2.46. The van der Waals surface area contributed by atoms with Crippen molar-refractivity contribution >= 4 is 15.9 Å². The fourth-order valence-corrected chi connectivity index (χ4v) is 3.48. The Morgan fingerprint density at radius 2 is 1.78 bits per heavy atom. The van der Waals surface area contributed by atoms with Gasteiger partial charge in [0.15, 0.2) is 0 Å². The molecule has 1 fully saturated rings. The Labute approximate surface area is 137 Å². The van der Waals surface area contributed by atoms with Gasteiger partial charge in [-0.1, -0.05) is 0 Å². The minimum atomic E-state index is -3.20. The third-order valence-corrected chi connectivity index (χ3v) is 4.40. The van der Waals surface area contributed by atoms with Crippen LogP contribution in [0.1, 0.15) is 37.0 Å². The van der Waals surface area contributed by atoms with Crippen LogP contribution in [0.25, 0.3) is 0 Å². The van der Waals surface area contributed by atoms with Crippen molar-refractivity contribution in [2.45, 2.75) is 38.8 Å². The van der Waals surface area contributed by atoms with Crippen molar-refractivity contribution in [1.29, 1.82) is 0 Å². The average Bonchev–Trinajstić information content (AvgIpc) is 2.46. The molecule has 7 heteroatoms.